The fourth-order valence-corrected chi connectivity index (χ4v) is 2.52. The quantitative estimate of drug-likeness (QED) is 0.818. The molecule has 1 aliphatic heterocycles. The van der Waals surface area contributed by atoms with Crippen molar-refractivity contribution in [3.8, 4) is 5.75 Å². The lowest BCUT2D eigenvalue weighted by molar-refractivity contribution is 0.0762. The first-order chi connectivity index (χ1) is 9.16. The van der Waals surface area contributed by atoms with Gasteiger partial charge in [-0.2, -0.15) is 0 Å². The van der Waals surface area contributed by atoms with Crippen LogP contribution in [0.25, 0.3) is 10.8 Å². The number of hydrogen-bond acceptors (Lipinski definition) is 3. The fraction of sp³-hybridized carbons (Fsp3) is 0.267. The number of rotatable bonds is 1. The van der Waals surface area contributed by atoms with Gasteiger partial charge in [0.05, 0.1) is 11.7 Å². The van der Waals surface area contributed by atoms with Crippen LogP contribution < -0.4 is 0 Å². The molecule has 1 amide bonds. The zero-order valence-electron chi connectivity index (χ0n) is 10.4. The Hall–Kier alpha value is -2.07. The first-order valence-electron chi connectivity index (χ1n) is 6.35. The highest BCUT2D eigenvalue weighted by molar-refractivity contribution is 6.03. The van der Waals surface area contributed by atoms with E-state index >= 15 is 0 Å². The van der Waals surface area contributed by atoms with Crippen molar-refractivity contribution >= 4 is 16.7 Å². The maximum absolute atomic E-state index is 12.3. The Labute approximate surface area is 110 Å². The van der Waals surface area contributed by atoms with Gasteiger partial charge in [0, 0.05) is 18.5 Å². The minimum atomic E-state index is -0.452. The molecular formula is C15H15NO3. The minimum Gasteiger partial charge on any atom is -0.506 e. The summed E-state index contributed by atoms with van der Waals surface area (Å²) in [5.41, 5.74) is 0.299. The van der Waals surface area contributed by atoms with Gasteiger partial charge in [0.25, 0.3) is 5.91 Å². The Morgan fingerprint density at radius 1 is 1.21 bits per heavy atom. The number of nitrogens with zero attached hydrogens (tertiary/aromatic N) is 1. The summed E-state index contributed by atoms with van der Waals surface area (Å²) in [6, 6.07) is 10.9. The summed E-state index contributed by atoms with van der Waals surface area (Å²) in [6.45, 7) is 0.872. The maximum atomic E-state index is 12.3. The van der Waals surface area contributed by atoms with Crippen LogP contribution in [-0.4, -0.2) is 40.2 Å². The summed E-state index contributed by atoms with van der Waals surface area (Å²) in [5, 5.41) is 21.3. The molecule has 3 rings (SSSR count). The topological polar surface area (TPSA) is 60.8 Å². The van der Waals surface area contributed by atoms with Crippen molar-refractivity contribution in [2.75, 3.05) is 13.1 Å². The summed E-state index contributed by atoms with van der Waals surface area (Å²) >= 11 is 0. The number of benzene rings is 2. The Morgan fingerprint density at radius 3 is 2.74 bits per heavy atom. The van der Waals surface area contributed by atoms with E-state index in [1.165, 1.54) is 0 Å². The molecule has 4 heteroatoms. The molecule has 1 unspecified atom stereocenters. The molecule has 1 fully saturated rings. The van der Waals surface area contributed by atoms with Crippen LogP contribution in [0.4, 0.5) is 0 Å². The average Bonchev–Trinajstić information content (AvgIpc) is 2.85. The average molecular weight is 257 g/mol. The lowest BCUT2D eigenvalue weighted by Gasteiger charge is -2.17. The van der Waals surface area contributed by atoms with Crippen LogP contribution in [0, 0.1) is 0 Å². The van der Waals surface area contributed by atoms with E-state index in [0.29, 0.717) is 30.5 Å². The standard InChI is InChI=1S/C15H15NO3/c17-11-7-8-16(9-11)15(19)13-6-5-10-3-1-2-4-12(10)14(13)18/h1-6,11,17-18H,7-9H2. The predicted octanol–water partition coefficient (Wildman–Crippen LogP) is 1.75. The first kappa shape index (κ1) is 12.0. The molecule has 19 heavy (non-hydrogen) atoms. The number of aliphatic hydroxyl groups excluding tert-OH is 1. The van der Waals surface area contributed by atoms with Crippen LogP contribution in [-0.2, 0) is 0 Å². The molecular weight excluding hydrogens is 242 g/mol. The molecule has 2 N–H and O–H groups in total. The SMILES string of the molecule is O=C(c1ccc2ccccc2c1O)N1CCC(O)C1. The van der Waals surface area contributed by atoms with E-state index in [1.807, 2.05) is 24.3 Å². The Kier molecular flexibility index (Phi) is 2.87. The number of amides is 1. The summed E-state index contributed by atoms with van der Waals surface area (Å²) in [6.07, 6.45) is 0.145. The van der Waals surface area contributed by atoms with Crippen LogP contribution >= 0.6 is 0 Å². The number of aliphatic hydroxyl groups is 1. The number of carbonyl (C=O) groups is 1. The molecule has 0 aliphatic carbocycles. The third kappa shape index (κ3) is 2.04. The van der Waals surface area contributed by atoms with E-state index in [2.05, 4.69) is 0 Å². The van der Waals surface area contributed by atoms with Crippen molar-refractivity contribution in [2.24, 2.45) is 0 Å². The molecule has 1 heterocycles. The second-order valence-corrected chi connectivity index (χ2v) is 4.88. The Balaban J connectivity index is 2.01. The van der Waals surface area contributed by atoms with Crippen LogP contribution in [0.3, 0.4) is 0 Å². The minimum absolute atomic E-state index is 0.0180. The van der Waals surface area contributed by atoms with Gasteiger partial charge in [-0.15, -0.1) is 0 Å². The molecule has 1 aliphatic rings. The van der Waals surface area contributed by atoms with E-state index in [9.17, 15) is 15.0 Å². The van der Waals surface area contributed by atoms with E-state index in [-0.39, 0.29) is 11.7 Å². The van der Waals surface area contributed by atoms with Crippen molar-refractivity contribution in [3.05, 3.63) is 42.0 Å². The highest BCUT2D eigenvalue weighted by Crippen LogP contribution is 2.30. The van der Waals surface area contributed by atoms with Crippen LogP contribution in [0.15, 0.2) is 36.4 Å². The van der Waals surface area contributed by atoms with E-state index < -0.39 is 6.10 Å². The van der Waals surface area contributed by atoms with Crippen LogP contribution in [0.2, 0.25) is 0 Å². The van der Waals surface area contributed by atoms with Crippen molar-refractivity contribution < 1.29 is 15.0 Å². The number of fused-ring (bicyclic) bond motifs is 1. The molecule has 1 saturated heterocycles. The summed E-state index contributed by atoms with van der Waals surface area (Å²) in [7, 11) is 0. The molecule has 0 aromatic heterocycles. The molecule has 98 valence electrons. The number of β-amino-alcohol motifs (C(OH)–C–C–N with tert-alkyl or cyclic N) is 1. The summed E-state index contributed by atoms with van der Waals surface area (Å²) in [5.74, 6) is -0.204. The molecule has 0 spiro atoms. The first-order valence-corrected chi connectivity index (χ1v) is 6.35. The third-order valence-corrected chi connectivity index (χ3v) is 3.58. The largest absolute Gasteiger partial charge is 0.506 e. The molecule has 2 aromatic carbocycles. The fourth-order valence-electron chi connectivity index (χ4n) is 2.52. The molecule has 0 radical (unpaired) electrons. The Bertz CT molecular complexity index is 638. The maximum Gasteiger partial charge on any atom is 0.257 e. The van der Waals surface area contributed by atoms with E-state index in [1.54, 1.807) is 17.0 Å². The van der Waals surface area contributed by atoms with Gasteiger partial charge in [0.2, 0.25) is 0 Å². The molecule has 0 saturated carbocycles. The number of phenolic OH excluding ortho intramolecular Hbond substituents is 1. The number of hydrogen-bond donors (Lipinski definition) is 2. The lowest BCUT2D eigenvalue weighted by atomic mass is 10.0. The second-order valence-electron chi connectivity index (χ2n) is 4.88. The zero-order chi connectivity index (χ0) is 13.4. The zero-order valence-corrected chi connectivity index (χ0v) is 10.4. The number of carbonyl (C=O) groups excluding carboxylic acids is 1. The highest BCUT2D eigenvalue weighted by Gasteiger charge is 2.27. The van der Waals surface area contributed by atoms with E-state index in [4.69, 9.17) is 0 Å². The van der Waals surface area contributed by atoms with Gasteiger partial charge in [0.15, 0.2) is 0 Å². The van der Waals surface area contributed by atoms with Gasteiger partial charge in [-0.3, -0.25) is 4.79 Å². The smallest absolute Gasteiger partial charge is 0.257 e. The highest BCUT2D eigenvalue weighted by atomic mass is 16.3. The van der Waals surface area contributed by atoms with Gasteiger partial charge in [-0.25, -0.2) is 0 Å². The van der Waals surface area contributed by atoms with Gasteiger partial charge in [-0.05, 0) is 17.9 Å². The lowest BCUT2D eigenvalue weighted by Crippen LogP contribution is -2.29. The molecule has 2 aromatic rings. The van der Waals surface area contributed by atoms with Gasteiger partial charge >= 0.3 is 0 Å². The monoisotopic (exact) mass is 257 g/mol. The number of aromatic hydroxyl groups is 1. The van der Waals surface area contributed by atoms with Crippen molar-refractivity contribution in [1.29, 1.82) is 0 Å². The number of likely N-dealkylation sites (tertiary alicyclic amines) is 1. The summed E-state index contributed by atoms with van der Waals surface area (Å²) < 4.78 is 0. The molecule has 4 nitrogen and oxygen atoms in total. The van der Waals surface area contributed by atoms with Crippen molar-refractivity contribution in [3.63, 3.8) is 0 Å². The molecule has 1 atom stereocenters. The summed E-state index contributed by atoms with van der Waals surface area (Å²) in [4.78, 5) is 13.9. The predicted molar refractivity (Wildman–Crippen MR) is 72.1 cm³/mol. The van der Waals surface area contributed by atoms with Crippen LogP contribution in [0.1, 0.15) is 16.8 Å². The van der Waals surface area contributed by atoms with Crippen LogP contribution in [0.5, 0.6) is 5.75 Å². The van der Waals surface area contributed by atoms with Crippen molar-refractivity contribution in [2.45, 2.75) is 12.5 Å². The molecule has 0 bridgehead atoms. The van der Waals surface area contributed by atoms with E-state index in [0.717, 1.165) is 5.39 Å². The van der Waals surface area contributed by atoms with Gasteiger partial charge in [-0.1, -0.05) is 30.3 Å². The Morgan fingerprint density at radius 2 is 2.00 bits per heavy atom. The normalized spacial score (nSPS) is 19.0. The number of phenols is 1. The third-order valence-electron chi connectivity index (χ3n) is 3.58. The van der Waals surface area contributed by atoms with Gasteiger partial charge < -0.3 is 15.1 Å². The second kappa shape index (κ2) is 4.55. The van der Waals surface area contributed by atoms with Gasteiger partial charge in [0.1, 0.15) is 5.75 Å². The van der Waals surface area contributed by atoms with Crippen molar-refractivity contribution in [1.82, 2.24) is 4.90 Å².